The first-order valence-corrected chi connectivity index (χ1v) is 12.3. The first kappa shape index (κ1) is 24.0. The van der Waals surface area contributed by atoms with Crippen LogP contribution in [0.3, 0.4) is 0 Å². The van der Waals surface area contributed by atoms with Gasteiger partial charge in [-0.1, -0.05) is 41.9 Å². The number of hydrogen-bond donors (Lipinski definition) is 2. The Bertz CT molecular complexity index is 1150. The molecule has 0 spiro atoms. The van der Waals surface area contributed by atoms with E-state index >= 15 is 0 Å². The fourth-order valence-electron chi connectivity index (χ4n) is 4.43. The molecule has 34 heavy (non-hydrogen) atoms. The van der Waals surface area contributed by atoms with E-state index in [1.807, 2.05) is 61.5 Å². The molecule has 0 saturated heterocycles. The second kappa shape index (κ2) is 11.3. The number of para-hydroxylation sites is 1. The number of nitrogens with one attached hydrogen (secondary N) is 2. The number of nitrogens with zero attached hydrogens (tertiary/aromatic N) is 3. The van der Waals surface area contributed by atoms with E-state index in [0.29, 0.717) is 29.4 Å². The van der Waals surface area contributed by atoms with Crippen LogP contribution in [0.25, 0.3) is 17.0 Å². The van der Waals surface area contributed by atoms with Crippen LogP contribution in [-0.2, 0) is 4.79 Å². The van der Waals surface area contributed by atoms with E-state index in [9.17, 15) is 4.79 Å². The number of halogens is 1. The first-order chi connectivity index (χ1) is 16.5. The first-order valence-electron chi connectivity index (χ1n) is 11.9. The summed E-state index contributed by atoms with van der Waals surface area (Å²) in [7, 11) is 4.01. The summed E-state index contributed by atoms with van der Waals surface area (Å²) < 4.78 is 0. The van der Waals surface area contributed by atoms with Crippen molar-refractivity contribution in [3.63, 3.8) is 0 Å². The molecule has 1 fully saturated rings. The summed E-state index contributed by atoms with van der Waals surface area (Å²) in [6, 6.07) is 15.6. The molecule has 0 aliphatic heterocycles. The minimum atomic E-state index is -0.0751. The zero-order valence-electron chi connectivity index (χ0n) is 19.8. The van der Waals surface area contributed by atoms with Gasteiger partial charge in [-0.2, -0.15) is 4.98 Å². The Hall–Kier alpha value is -3.12. The lowest BCUT2D eigenvalue weighted by atomic mass is 9.82. The number of amides is 1. The highest BCUT2D eigenvalue weighted by Crippen LogP contribution is 2.29. The van der Waals surface area contributed by atoms with Crippen molar-refractivity contribution in [2.45, 2.75) is 25.7 Å². The summed E-state index contributed by atoms with van der Waals surface area (Å²) in [5.41, 5.74) is 1.80. The van der Waals surface area contributed by atoms with E-state index < -0.39 is 0 Å². The molecule has 7 heteroatoms. The van der Waals surface area contributed by atoms with Gasteiger partial charge in [0.1, 0.15) is 5.82 Å². The van der Waals surface area contributed by atoms with Crippen molar-refractivity contribution >= 4 is 46.3 Å². The van der Waals surface area contributed by atoms with Crippen LogP contribution in [0.2, 0.25) is 5.02 Å². The molecule has 1 aliphatic rings. The standard InChI is InChI=1S/C27H32ClN5O/c1-33(2)26-22-8-4-6-10-24(22)31-27(32-26)30-18-20-13-11-19(12-14-20)17-29-25(34)16-15-21-7-3-5-9-23(21)28/h3-10,15-16,19-20H,11-14,17-18H2,1-2H3,(H,29,34)(H,30,31,32)/b16-15+. The molecular formula is C27H32ClN5O. The van der Waals surface area contributed by atoms with Gasteiger partial charge in [-0.05, 0) is 67.4 Å². The molecule has 2 N–H and O–H groups in total. The number of benzene rings is 2. The molecule has 0 atom stereocenters. The molecule has 4 rings (SSSR count). The molecule has 0 radical (unpaired) electrons. The van der Waals surface area contributed by atoms with Crippen LogP contribution in [0.15, 0.2) is 54.6 Å². The van der Waals surface area contributed by atoms with Crippen molar-refractivity contribution in [2.24, 2.45) is 11.8 Å². The Morgan fingerprint density at radius 3 is 2.41 bits per heavy atom. The van der Waals surface area contributed by atoms with Gasteiger partial charge in [0.05, 0.1) is 5.52 Å². The third-order valence-corrected chi connectivity index (χ3v) is 6.75. The highest BCUT2D eigenvalue weighted by atomic mass is 35.5. The van der Waals surface area contributed by atoms with Gasteiger partial charge < -0.3 is 15.5 Å². The number of aromatic nitrogens is 2. The second-order valence-corrected chi connectivity index (χ2v) is 9.56. The van der Waals surface area contributed by atoms with Crippen LogP contribution in [0.5, 0.6) is 0 Å². The van der Waals surface area contributed by atoms with Crippen LogP contribution in [0.4, 0.5) is 11.8 Å². The molecule has 1 aliphatic carbocycles. The summed E-state index contributed by atoms with van der Waals surface area (Å²) in [5, 5.41) is 8.21. The van der Waals surface area contributed by atoms with Gasteiger partial charge >= 0.3 is 0 Å². The van der Waals surface area contributed by atoms with E-state index in [4.69, 9.17) is 21.6 Å². The molecule has 0 unspecified atom stereocenters. The minimum Gasteiger partial charge on any atom is -0.362 e. The number of hydrogen-bond acceptors (Lipinski definition) is 5. The third kappa shape index (κ3) is 6.26. The van der Waals surface area contributed by atoms with E-state index in [1.54, 1.807) is 12.2 Å². The lowest BCUT2D eigenvalue weighted by Gasteiger charge is -2.28. The van der Waals surface area contributed by atoms with Crippen molar-refractivity contribution in [1.82, 2.24) is 15.3 Å². The minimum absolute atomic E-state index is 0.0751. The molecule has 1 saturated carbocycles. The average Bonchev–Trinajstić information content (AvgIpc) is 2.85. The predicted octanol–water partition coefficient (Wildman–Crippen LogP) is 5.40. The predicted molar refractivity (Wildman–Crippen MR) is 141 cm³/mol. The van der Waals surface area contributed by atoms with Crippen LogP contribution in [0.1, 0.15) is 31.2 Å². The van der Waals surface area contributed by atoms with E-state index in [0.717, 1.165) is 54.5 Å². The maximum Gasteiger partial charge on any atom is 0.244 e. The largest absolute Gasteiger partial charge is 0.362 e. The number of carbonyl (C=O) groups excluding carboxylic acids is 1. The number of fused-ring (bicyclic) bond motifs is 1. The Kier molecular flexibility index (Phi) is 8.01. The third-order valence-electron chi connectivity index (χ3n) is 6.41. The zero-order valence-corrected chi connectivity index (χ0v) is 20.6. The summed E-state index contributed by atoms with van der Waals surface area (Å²) in [4.78, 5) is 23.7. The van der Waals surface area contributed by atoms with Gasteiger partial charge in [0.2, 0.25) is 11.9 Å². The molecule has 178 valence electrons. The maximum absolute atomic E-state index is 12.2. The fourth-order valence-corrected chi connectivity index (χ4v) is 4.63. The highest BCUT2D eigenvalue weighted by molar-refractivity contribution is 6.32. The van der Waals surface area contributed by atoms with Crippen molar-refractivity contribution in [3.05, 3.63) is 65.2 Å². The lowest BCUT2D eigenvalue weighted by molar-refractivity contribution is -0.116. The van der Waals surface area contributed by atoms with Crippen LogP contribution in [0, 0.1) is 11.8 Å². The lowest BCUT2D eigenvalue weighted by Crippen LogP contribution is -2.31. The average molecular weight is 478 g/mol. The quantitative estimate of drug-likeness (QED) is 0.425. The van der Waals surface area contributed by atoms with Crippen molar-refractivity contribution in [3.8, 4) is 0 Å². The molecule has 0 bridgehead atoms. The normalized spacial score (nSPS) is 18.2. The number of rotatable bonds is 8. The van der Waals surface area contributed by atoms with Crippen molar-refractivity contribution < 1.29 is 4.79 Å². The van der Waals surface area contributed by atoms with E-state index in [-0.39, 0.29) is 5.91 Å². The monoisotopic (exact) mass is 477 g/mol. The maximum atomic E-state index is 12.2. The topological polar surface area (TPSA) is 70.2 Å². The van der Waals surface area contributed by atoms with Gasteiger partial charge in [-0.25, -0.2) is 4.98 Å². The molecule has 3 aromatic rings. The number of carbonyl (C=O) groups is 1. The molecule has 1 heterocycles. The van der Waals surface area contributed by atoms with E-state index in [1.165, 1.54) is 0 Å². The molecular weight excluding hydrogens is 446 g/mol. The van der Waals surface area contributed by atoms with Gasteiger partial charge in [0.25, 0.3) is 0 Å². The summed E-state index contributed by atoms with van der Waals surface area (Å²) in [5.74, 6) is 2.64. The molecule has 2 aromatic carbocycles. The van der Waals surface area contributed by atoms with Crippen molar-refractivity contribution in [1.29, 1.82) is 0 Å². The van der Waals surface area contributed by atoms with Gasteiger partial charge in [-0.15, -0.1) is 0 Å². The number of anilines is 2. The van der Waals surface area contributed by atoms with Crippen LogP contribution < -0.4 is 15.5 Å². The Morgan fingerprint density at radius 2 is 1.68 bits per heavy atom. The zero-order chi connectivity index (χ0) is 23.9. The SMILES string of the molecule is CN(C)c1nc(NCC2CCC(CNC(=O)/C=C/c3ccccc3Cl)CC2)nc2ccccc12. The fraction of sp³-hybridized carbons (Fsp3) is 0.370. The smallest absolute Gasteiger partial charge is 0.244 e. The van der Waals surface area contributed by atoms with E-state index in [2.05, 4.69) is 16.7 Å². The van der Waals surface area contributed by atoms with Crippen molar-refractivity contribution in [2.75, 3.05) is 37.4 Å². The van der Waals surface area contributed by atoms with Gasteiger partial charge in [0.15, 0.2) is 0 Å². The summed E-state index contributed by atoms with van der Waals surface area (Å²) in [6.07, 6.45) is 7.82. The second-order valence-electron chi connectivity index (χ2n) is 9.15. The molecule has 1 aromatic heterocycles. The highest BCUT2D eigenvalue weighted by Gasteiger charge is 2.21. The Labute approximate surface area is 206 Å². The Balaban J connectivity index is 1.22. The van der Waals surface area contributed by atoms with Crippen LogP contribution in [-0.4, -0.2) is 43.1 Å². The molecule has 6 nitrogen and oxygen atoms in total. The Morgan fingerprint density at radius 1 is 1.00 bits per heavy atom. The molecule has 1 amide bonds. The van der Waals surface area contributed by atoms with Gasteiger partial charge in [-0.3, -0.25) is 4.79 Å². The summed E-state index contributed by atoms with van der Waals surface area (Å²) >= 11 is 6.13. The summed E-state index contributed by atoms with van der Waals surface area (Å²) in [6.45, 7) is 1.58. The van der Waals surface area contributed by atoms with Gasteiger partial charge in [0, 0.05) is 43.7 Å². The van der Waals surface area contributed by atoms with Crippen LogP contribution >= 0.6 is 11.6 Å².